The molecule has 0 unspecified atom stereocenters. The zero-order chi connectivity index (χ0) is 13.2. The molecule has 0 saturated heterocycles. The maximum Gasteiger partial charge on any atom is 0.0629 e. The van der Waals surface area contributed by atoms with Crippen LogP contribution >= 0.6 is 17.0 Å². The Morgan fingerprint density at radius 1 is 0.750 bits per heavy atom. The first kappa shape index (κ1) is 15.9. The second-order valence-electron chi connectivity index (χ2n) is 3.87. The number of benzene rings is 2. The summed E-state index contributed by atoms with van der Waals surface area (Å²) in [7, 11) is 0. The minimum atomic E-state index is 0. The van der Waals surface area contributed by atoms with E-state index < -0.39 is 0 Å². The van der Waals surface area contributed by atoms with Crippen molar-refractivity contribution in [1.29, 1.82) is 0 Å². The first-order chi connectivity index (χ1) is 9.45. The van der Waals surface area contributed by atoms with E-state index in [2.05, 4.69) is 10.3 Å². The van der Waals surface area contributed by atoms with Gasteiger partial charge in [0, 0.05) is 18.1 Å². The number of aliphatic imine (C=N–C) groups is 1. The normalized spacial score (nSPS) is 11.0. The lowest BCUT2D eigenvalue weighted by Gasteiger charge is -1.97. The molecule has 0 fully saturated rings. The van der Waals surface area contributed by atoms with Crippen LogP contribution in [0.5, 0.6) is 0 Å². The van der Waals surface area contributed by atoms with E-state index in [-0.39, 0.29) is 17.0 Å². The van der Waals surface area contributed by atoms with Gasteiger partial charge in [-0.1, -0.05) is 42.5 Å². The predicted molar refractivity (Wildman–Crippen MR) is 93.3 cm³/mol. The lowest BCUT2D eigenvalue weighted by Crippen LogP contribution is -1.84. The van der Waals surface area contributed by atoms with Crippen molar-refractivity contribution < 1.29 is 0 Å². The molecule has 20 heavy (non-hydrogen) atoms. The minimum Gasteiger partial charge on any atom is -0.362 e. The quantitative estimate of drug-likeness (QED) is 0.595. The molecule has 2 rings (SSSR count). The van der Waals surface area contributed by atoms with Gasteiger partial charge in [-0.25, -0.2) is 0 Å². The summed E-state index contributed by atoms with van der Waals surface area (Å²) < 4.78 is 0. The molecule has 0 heterocycles. The summed E-state index contributed by atoms with van der Waals surface area (Å²) in [6, 6.07) is 19.9. The van der Waals surface area contributed by atoms with E-state index in [1.54, 1.807) is 6.21 Å². The fraction of sp³-hybridized carbons (Fsp3) is 0. The lowest BCUT2D eigenvalue weighted by molar-refractivity contribution is 1.54. The molecule has 0 aromatic heterocycles. The molecule has 0 bridgehead atoms. The first-order valence-corrected chi connectivity index (χ1v) is 6.18. The van der Waals surface area contributed by atoms with Crippen LogP contribution in [0.15, 0.2) is 90.1 Å². The van der Waals surface area contributed by atoms with Gasteiger partial charge in [-0.15, -0.1) is 17.0 Å². The van der Waals surface area contributed by atoms with Crippen LogP contribution in [0.1, 0.15) is 0 Å². The number of nitrogens with zero attached hydrogens (tertiary/aromatic N) is 1. The number of para-hydroxylation sites is 2. The Morgan fingerprint density at radius 3 is 2.10 bits per heavy atom. The molecule has 102 valence electrons. The van der Waals surface area contributed by atoms with Crippen LogP contribution in [0.25, 0.3) is 0 Å². The molecule has 0 atom stereocenters. The Balaban J connectivity index is 0.00000200. The Kier molecular flexibility index (Phi) is 7.77. The van der Waals surface area contributed by atoms with Crippen molar-refractivity contribution in [3.05, 3.63) is 85.1 Å². The van der Waals surface area contributed by atoms with Crippen molar-refractivity contribution in [2.45, 2.75) is 0 Å². The highest BCUT2D eigenvalue weighted by molar-refractivity contribution is 8.93. The fourth-order valence-corrected chi connectivity index (χ4v) is 1.49. The fourth-order valence-electron chi connectivity index (χ4n) is 1.49. The third-order valence-electron chi connectivity index (χ3n) is 2.41. The molecule has 1 N–H and O–H groups in total. The maximum absolute atomic E-state index is 4.30. The van der Waals surface area contributed by atoms with Crippen molar-refractivity contribution in [2.24, 2.45) is 4.99 Å². The van der Waals surface area contributed by atoms with E-state index in [1.165, 1.54) is 0 Å². The molecule has 0 amide bonds. The molecule has 0 spiro atoms. The summed E-state index contributed by atoms with van der Waals surface area (Å²) in [5.74, 6) is 0. The molecular weight excluding hydrogens is 312 g/mol. The van der Waals surface area contributed by atoms with Crippen LogP contribution in [0.3, 0.4) is 0 Å². The number of nitrogens with one attached hydrogen (secondary N) is 1. The third-order valence-corrected chi connectivity index (χ3v) is 2.41. The van der Waals surface area contributed by atoms with Gasteiger partial charge < -0.3 is 5.32 Å². The zero-order valence-electron chi connectivity index (χ0n) is 11.0. The highest BCUT2D eigenvalue weighted by atomic mass is 79.9. The molecule has 2 nitrogen and oxygen atoms in total. The van der Waals surface area contributed by atoms with Gasteiger partial charge in [0.05, 0.1) is 5.69 Å². The van der Waals surface area contributed by atoms with Gasteiger partial charge in [-0.3, -0.25) is 4.99 Å². The van der Waals surface area contributed by atoms with E-state index >= 15 is 0 Å². The summed E-state index contributed by atoms with van der Waals surface area (Å²) in [6.45, 7) is 0. The Hall–Kier alpha value is -2.13. The van der Waals surface area contributed by atoms with E-state index in [0.29, 0.717) is 0 Å². The van der Waals surface area contributed by atoms with Crippen LogP contribution < -0.4 is 5.32 Å². The summed E-state index contributed by atoms with van der Waals surface area (Å²) in [4.78, 5) is 4.30. The van der Waals surface area contributed by atoms with Crippen molar-refractivity contribution in [2.75, 3.05) is 5.32 Å². The van der Waals surface area contributed by atoms with Gasteiger partial charge >= 0.3 is 0 Å². The Labute approximate surface area is 130 Å². The molecule has 0 saturated carbocycles. The molecule has 2 aromatic carbocycles. The minimum absolute atomic E-state index is 0. The van der Waals surface area contributed by atoms with Gasteiger partial charge in [-0.05, 0) is 36.4 Å². The number of anilines is 1. The second-order valence-corrected chi connectivity index (χ2v) is 3.87. The third kappa shape index (κ3) is 6.16. The van der Waals surface area contributed by atoms with Gasteiger partial charge in [0.15, 0.2) is 0 Å². The highest BCUT2D eigenvalue weighted by Gasteiger charge is 1.82. The predicted octanol–water partition coefficient (Wildman–Crippen LogP) is 5.15. The first-order valence-electron chi connectivity index (χ1n) is 6.18. The van der Waals surface area contributed by atoms with Crippen LogP contribution in [0, 0.1) is 0 Å². The molecule has 2 aromatic rings. The summed E-state index contributed by atoms with van der Waals surface area (Å²) >= 11 is 0. The lowest BCUT2D eigenvalue weighted by atomic mass is 10.3. The Morgan fingerprint density at radius 2 is 1.40 bits per heavy atom. The molecule has 0 aliphatic heterocycles. The van der Waals surface area contributed by atoms with E-state index in [1.807, 2.05) is 85.1 Å². The van der Waals surface area contributed by atoms with Crippen molar-refractivity contribution in [1.82, 2.24) is 0 Å². The van der Waals surface area contributed by atoms with Gasteiger partial charge in [-0.2, -0.15) is 0 Å². The number of allylic oxidation sites excluding steroid dienone is 3. The SMILES string of the molecule is Br.C(=CC=Nc1ccccc1)C=CNc1ccccc1. The molecular formula is C17H17BrN2. The van der Waals surface area contributed by atoms with E-state index in [4.69, 9.17) is 0 Å². The largest absolute Gasteiger partial charge is 0.362 e. The average molecular weight is 329 g/mol. The smallest absolute Gasteiger partial charge is 0.0629 e. The summed E-state index contributed by atoms with van der Waals surface area (Å²) in [6.07, 6.45) is 9.44. The van der Waals surface area contributed by atoms with Crippen LogP contribution in [-0.4, -0.2) is 6.21 Å². The van der Waals surface area contributed by atoms with Crippen LogP contribution in [0.2, 0.25) is 0 Å². The number of halogens is 1. The number of hydrogen-bond acceptors (Lipinski definition) is 2. The topological polar surface area (TPSA) is 24.4 Å². The van der Waals surface area contributed by atoms with Crippen molar-refractivity contribution >= 4 is 34.6 Å². The Bertz CT molecular complexity index is 560. The monoisotopic (exact) mass is 328 g/mol. The van der Waals surface area contributed by atoms with Crippen LogP contribution in [-0.2, 0) is 0 Å². The maximum atomic E-state index is 4.30. The van der Waals surface area contributed by atoms with Crippen LogP contribution in [0.4, 0.5) is 11.4 Å². The molecule has 0 aliphatic rings. The van der Waals surface area contributed by atoms with Gasteiger partial charge in [0.1, 0.15) is 0 Å². The second kappa shape index (κ2) is 9.75. The average Bonchev–Trinajstić information content (AvgIpc) is 2.48. The zero-order valence-corrected chi connectivity index (χ0v) is 12.7. The standard InChI is InChI=1S/C17H16N2.BrH/c1-4-10-16(11-5-1)18-14-8-3-9-15-19-17-12-6-2-7-13-17;/h1-15,18H;1H. The summed E-state index contributed by atoms with van der Waals surface area (Å²) in [5.41, 5.74) is 2.03. The highest BCUT2D eigenvalue weighted by Crippen LogP contribution is 2.08. The van der Waals surface area contributed by atoms with Gasteiger partial charge in [0.2, 0.25) is 0 Å². The number of hydrogen-bond donors (Lipinski definition) is 1. The molecule has 0 radical (unpaired) electrons. The van der Waals surface area contributed by atoms with E-state index in [0.717, 1.165) is 11.4 Å². The van der Waals surface area contributed by atoms with Gasteiger partial charge in [0.25, 0.3) is 0 Å². The number of rotatable bonds is 5. The summed E-state index contributed by atoms with van der Waals surface area (Å²) in [5, 5.41) is 3.18. The molecule has 0 aliphatic carbocycles. The van der Waals surface area contributed by atoms with Crippen molar-refractivity contribution in [3.8, 4) is 0 Å². The van der Waals surface area contributed by atoms with Crippen molar-refractivity contribution in [3.63, 3.8) is 0 Å². The molecule has 3 heteroatoms. The van der Waals surface area contributed by atoms with E-state index in [9.17, 15) is 0 Å².